The van der Waals surface area contributed by atoms with E-state index in [9.17, 15) is 4.79 Å². The van der Waals surface area contributed by atoms with E-state index < -0.39 is 0 Å². The van der Waals surface area contributed by atoms with Crippen LogP contribution >= 0.6 is 11.6 Å². The molecule has 8 heteroatoms. The highest BCUT2D eigenvalue weighted by Gasteiger charge is 2.30. The number of nitrogens with one attached hydrogen (secondary N) is 1. The lowest BCUT2D eigenvalue weighted by molar-refractivity contribution is -0.117. The summed E-state index contributed by atoms with van der Waals surface area (Å²) in [4.78, 5) is 16.1. The third-order valence-electron chi connectivity index (χ3n) is 3.67. The normalized spacial score (nSPS) is 13.9. The molecule has 0 aliphatic heterocycles. The fourth-order valence-electron chi connectivity index (χ4n) is 2.27. The number of anilines is 2. The monoisotopic (exact) mass is 343 g/mol. The second-order valence-corrected chi connectivity index (χ2v) is 6.06. The first-order chi connectivity index (χ1) is 11.6. The van der Waals surface area contributed by atoms with E-state index in [1.165, 1.54) is 0 Å². The Hall–Kier alpha value is -2.80. The van der Waals surface area contributed by atoms with Crippen molar-refractivity contribution < 1.29 is 9.53 Å². The average molecular weight is 344 g/mol. The largest absolute Gasteiger partial charge is 0.436 e. The molecule has 0 bridgehead atoms. The van der Waals surface area contributed by atoms with E-state index in [1.807, 2.05) is 0 Å². The van der Waals surface area contributed by atoms with Gasteiger partial charge >= 0.3 is 0 Å². The Balaban J connectivity index is 1.57. The number of ether oxygens (including phenoxy) is 1. The first kappa shape index (κ1) is 14.8. The third-order valence-corrected chi connectivity index (χ3v) is 3.96. The molecular weight excluding hydrogens is 330 g/mol. The molecule has 1 aromatic carbocycles. The Bertz CT molecular complexity index is 935. The molecule has 2 heterocycles. The molecular formula is C16H14ClN5O2. The second kappa shape index (κ2) is 5.68. The number of halogens is 1. The maximum Gasteiger partial charge on any atom is 0.237 e. The van der Waals surface area contributed by atoms with Crippen LogP contribution in [0.25, 0.3) is 5.65 Å². The van der Waals surface area contributed by atoms with Crippen LogP contribution in [0.4, 0.5) is 11.5 Å². The quantitative estimate of drug-likeness (QED) is 0.710. The Labute approximate surface area is 142 Å². The standard InChI is InChI=1S/C16H14ClN5O2/c17-11-7-10(18)3-4-12(11)24-15-6-5-14-19-13(8-22(14)21-15)20-16(23)9-1-2-9/h3-9H,1-2,18H2,(H,20,23). The summed E-state index contributed by atoms with van der Waals surface area (Å²) in [6.45, 7) is 0. The molecule has 3 aromatic rings. The van der Waals surface area contributed by atoms with Gasteiger partial charge < -0.3 is 15.8 Å². The van der Waals surface area contributed by atoms with Gasteiger partial charge in [0.05, 0.1) is 11.2 Å². The minimum Gasteiger partial charge on any atom is -0.436 e. The summed E-state index contributed by atoms with van der Waals surface area (Å²) in [7, 11) is 0. The molecule has 0 saturated heterocycles. The number of fused-ring (bicyclic) bond motifs is 1. The van der Waals surface area contributed by atoms with Gasteiger partial charge in [-0.2, -0.15) is 0 Å². The van der Waals surface area contributed by atoms with E-state index in [-0.39, 0.29) is 11.8 Å². The Morgan fingerprint density at radius 1 is 1.33 bits per heavy atom. The predicted octanol–water partition coefficient (Wildman–Crippen LogP) is 3.11. The van der Waals surface area contributed by atoms with Crippen molar-refractivity contribution >= 4 is 34.7 Å². The minimum absolute atomic E-state index is 0.00327. The zero-order chi connectivity index (χ0) is 16.7. The number of hydrogen-bond acceptors (Lipinski definition) is 5. The molecule has 0 unspecified atom stereocenters. The van der Waals surface area contributed by atoms with Gasteiger partial charge in [0.25, 0.3) is 0 Å². The number of aromatic nitrogens is 3. The van der Waals surface area contributed by atoms with E-state index >= 15 is 0 Å². The molecule has 3 N–H and O–H groups in total. The summed E-state index contributed by atoms with van der Waals surface area (Å²) in [5.41, 5.74) is 6.83. The fraction of sp³-hybridized carbons (Fsp3) is 0.188. The van der Waals surface area contributed by atoms with Crippen LogP contribution in [0.5, 0.6) is 11.6 Å². The third kappa shape index (κ3) is 2.98. The first-order valence-corrected chi connectivity index (χ1v) is 7.86. The molecule has 7 nitrogen and oxygen atoms in total. The molecule has 24 heavy (non-hydrogen) atoms. The van der Waals surface area contributed by atoms with Crippen LogP contribution < -0.4 is 15.8 Å². The van der Waals surface area contributed by atoms with Crippen molar-refractivity contribution in [2.24, 2.45) is 5.92 Å². The number of rotatable bonds is 4. The van der Waals surface area contributed by atoms with E-state index in [0.29, 0.717) is 33.8 Å². The number of imidazole rings is 1. The number of nitrogens with zero attached hydrogens (tertiary/aromatic N) is 3. The number of amides is 1. The Kier molecular flexibility index (Phi) is 3.50. The van der Waals surface area contributed by atoms with Gasteiger partial charge in [-0.15, -0.1) is 5.10 Å². The highest BCUT2D eigenvalue weighted by Crippen LogP contribution is 2.31. The van der Waals surface area contributed by atoms with Gasteiger partial charge in [0, 0.05) is 17.7 Å². The van der Waals surface area contributed by atoms with E-state index in [4.69, 9.17) is 22.1 Å². The van der Waals surface area contributed by atoms with Crippen LogP contribution in [-0.4, -0.2) is 20.5 Å². The summed E-state index contributed by atoms with van der Waals surface area (Å²) < 4.78 is 7.22. The van der Waals surface area contributed by atoms with Crippen molar-refractivity contribution in [3.63, 3.8) is 0 Å². The predicted molar refractivity (Wildman–Crippen MR) is 90.3 cm³/mol. The Morgan fingerprint density at radius 2 is 2.17 bits per heavy atom. The molecule has 1 aliphatic rings. The van der Waals surface area contributed by atoms with Crippen LogP contribution in [0.1, 0.15) is 12.8 Å². The summed E-state index contributed by atoms with van der Waals surface area (Å²) >= 11 is 6.10. The van der Waals surface area contributed by atoms with Crippen molar-refractivity contribution in [2.45, 2.75) is 12.8 Å². The van der Waals surface area contributed by atoms with Crippen molar-refractivity contribution in [3.8, 4) is 11.6 Å². The van der Waals surface area contributed by atoms with E-state index in [2.05, 4.69) is 15.4 Å². The summed E-state index contributed by atoms with van der Waals surface area (Å²) in [6.07, 6.45) is 3.53. The Morgan fingerprint density at radius 3 is 2.92 bits per heavy atom. The van der Waals surface area contributed by atoms with E-state index in [1.54, 1.807) is 41.0 Å². The van der Waals surface area contributed by atoms with Crippen LogP contribution in [0.2, 0.25) is 5.02 Å². The highest BCUT2D eigenvalue weighted by atomic mass is 35.5. The minimum atomic E-state index is 0.00327. The van der Waals surface area contributed by atoms with Crippen LogP contribution in [0.3, 0.4) is 0 Å². The fourth-order valence-corrected chi connectivity index (χ4v) is 2.49. The molecule has 0 atom stereocenters. The van der Waals surface area contributed by atoms with Crippen LogP contribution in [-0.2, 0) is 4.79 Å². The van der Waals surface area contributed by atoms with Gasteiger partial charge in [0.2, 0.25) is 11.8 Å². The summed E-state index contributed by atoms with van der Waals surface area (Å²) in [5, 5.41) is 7.51. The number of carbonyl (C=O) groups excluding carboxylic acids is 1. The first-order valence-electron chi connectivity index (χ1n) is 7.49. The lowest BCUT2D eigenvalue weighted by Crippen LogP contribution is -2.13. The smallest absolute Gasteiger partial charge is 0.237 e. The van der Waals surface area contributed by atoms with Crippen molar-refractivity contribution in [1.82, 2.24) is 14.6 Å². The van der Waals surface area contributed by atoms with Gasteiger partial charge in [-0.05, 0) is 37.1 Å². The molecule has 1 saturated carbocycles. The maximum atomic E-state index is 11.8. The molecule has 1 amide bonds. The van der Waals surface area contributed by atoms with Gasteiger partial charge in [-0.3, -0.25) is 4.79 Å². The number of nitrogens with two attached hydrogens (primary N) is 1. The molecule has 2 aromatic heterocycles. The lowest BCUT2D eigenvalue weighted by atomic mass is 10.3. The SMILES string of the molecule is Nc1ccc(Oc2ccc3nc(NC(=O)C4CC4)cn3n2)c(Cl)c1. The van der Waals surface area contributed by atoms with Gasteiger partial charge in [-0.1, -0.05) is 11.6 Å². The molecule has 1 aliphatic carbocycles. The molecule has 122 valence electrons. The van der Waals surface area contributed by atoms with Crippen LogP contribution in [0.15, 0.2) is 36.5 Å². The zero-order valence-electron chi connectivity index (χ0n) is 12.6. The highest BCUT2D eigenvalue weighted by molar-refractivity contribution is 6.32. The lowest BCUT2D eigenvalue weighted by Gasteiger charge is -2.07. The summed E-state index contributed by atoms with van der Waals surface area (Å²) in [5.74, 6) is 1.41. The number of hydrogen-bond donors (Lipinski definition) is 2. The van der Waals surface area contributed by atoms with Gasteiger partial charge in [0.1, 0.15) is 5.75 Å². The molecule has 1 fully saturated rings. The number of nitrogen functional groups attached to an aromatic ring is 1. The second-order valence-electron chi connectivity index (χ2n) is 5.66. The molecule has 0 spiro atoms. The average Bonchev–Trinajstić information content (AvgIpc) is 3.31. The molecule has 0 radical (unpaired) electrons. The van der Waals surface area contributed by atoms with E-state index in [0.717, 1.165) is 12.8 Å². The topological polar surface area (TPSA) is 94.5 Å². The molecule has 4 rings (SSSR count). The zero-order valence-corrected chi connectivity index (χ0v) is 13.3. The van der Waals surface area contributed by atoms with Crippen molar-refractivity contribution in [3.05, 3.63) is 41.6 Å². The number of benzene rings is 1. The number of carbonyl (C=O) groups is 1. The van der Waals surface area contributed by atoms with Gasteiger partial charge in [0.15, 0.2) is 11.5 Å². The van der Waals surface area contributed by atoms with Crippen LogP contribution in [0, 0.1) is 5.92 Å². The summed E-state index contributed by atoms with van der Waals surface area (Å²) in [6, 6.07) is 8.42. The van der Waals surface area contributed by atoms with Gasteiger partial charge in [-0.25, -0.2) is 9.50 Å². The van der Waals surface area contributed by atoms with Crippen molar-refractivity contribution in [2.75, 3.05) is 11.1 Å². The maximum absolute atomic E-state index is 11.8. The van der Waals surface area contributed by atoms with Crippen molar-refractivity contribution in [1.29, 1.82) is 0 Å².